The molecule has 0 unspecified atom stereocenters. The van der Waals surface area contributed by atoms with E-state index in [-0.39, 0.29) is 42.5 Å². The van der Waals surface area contributed by atoms with E-state index in [2.05, 4.69) is 42.2 Å². The maximum Gasteiger partial charge on any atom is 0.455 e. The third-order valence-corrected chi connectivity index (χ3v) is 11.6. The van der Waals surface area contributed by atoms with Gasteiger partial charge in [-0.2, -0.15) is 0 Å². The number of benzene rings is 3. The number of aromatic hydroxyl groups is 1. The second-order valence-electron chi connectivity index (χ2n) is 14.8. The Morgan fingerprint density at radius 1 is 0.981 bits per heavy atom. The number of para-hydroxylation sites is 1. The number of amides is 2. The molecule has 52 heavy (non-hydrogen) atoms. The molecule has 2 amide bonds. The molecule has 0 bridgehead atoms. The van der Waals surface area contributed by atoms with Crippen molar-refractivity contribution in [2.75, 3.05) is 19.7 Å². The van der Waals surface area contributed by atoms with Gasteiger partial charge in [0.15, 0.2) is 0 Å². The first kappa shape index (κ1) is 36.5. The number of carbonyl (C=O) groups is 2. The minimum atomic E-state index is -1.04. The van der Waals surface area contributed by atoms with Crippen molar-refractivity contribution in [1.82, 2.24) is 9.80 Å². The number of imide groups is 1. The lowest BCUT2D eigenvalue weighted by atomic mass is 9.58. The van der Waals surface area contributed by atoms with Crippen LogP contribution in [0.25, 0.3) is 6.08 Å². The van der Waals surface area contributed by atoms with Gasteiger partial charge in [-0.3, -0.25) is 19.4 Å². The lowest BCUT2D eigenvalue weighted by Gasteiger charge is -2.43. The van der Waals surface area contributed by atoms with Gasteiger partial charge in [0.1, 0.15) is 18.1 Å². The zero-order valence-electron chi connectivity index (χ0n) is 29.8. The number of piperidine rings is 1. The van der Waals surface area contributed by atoms with Crippen molar-refractivity contribution in [3.63, 3.8) is 0 Å². The van der Waals surface area contributed by atoms with Crippen LogP contribution in [0.5, 0.6) is 11.5 Å². The molecule has 1 aliphatic carbocycles. The minimum absolute atomic E-state index is 0.0794. The quantitative estimate of drug-likeness (QED) is 0.113. The van der Waals surface area contributed by atoms with E-state index < -0.39 is 25.1 Å². The van der Waals surface area contributed by atoms with Crippen LogP contribution >= 0.6 is 11.6 Å². The molecule has 3 saturated heterocycles. The zero-order chi connectivity index (χ0) is 36.2. The summed E-state index contributed by atoms with van der Waals surface area (Å²) in [5, 5.41) is 21.5. The molecule has 4 atom stereocenters. The average Bonchev–Trinajstić information content (AvgIpc) is 3.40. The molecular weight excluding hydrogens is 675 g/mol. The van der Waals surface area contributed by atoms with Crippen LogP contribution in [-0.2, 0) is 20.8 Å². The van der Waals surface area contributed by atoms with Gasteiger partial charge in [0, 0.05) is 25.7 Å². The molecule has 8 nitrogen and oxygen atoms in total. The second kappa shape index (κ2) is 16.4. The Bertz CT molecular complexity index is 1790. The van der Waals surface area contributed by atoms with Gasteiger partial charge in [0.2, 0.25) is 11.8 Å². The lowest BCUT2D eigenvalue weighted by Crippen LogP contribution is -2.48. The first-order chi connectivity index (χ1) is 25.3. The molecule has 0 aromatic heterocycles. The normalized spacial score (nSPS) is 24.3. The summed E-state index contributed by atoms with van der Waals surface area (Å²) < 4.78 is 12.6. The molecule has 3 heterocycles. The van der Waals surface area contributed by atoms with Crippen molar-refractivity contribution in [3.8, 4) is 11.5 Å². The number of hydrogen-bond donors (Lipinski definition) is 2. The Morgan fingerprint density at radius 3 is 2.42 bits per heavy atom. The molecule has 3 aromatic rings. The third kappa shape index (κ3) is 8.03. The van der Waals surface area contributed by atoms with Gasteiger partial charge in [-0.1, -0.05) is 85.1 Å². The van der Waals surface area contributed by atoms with Gasteiger partial charge in [-0.15, -0.1) is 0 Å². The van der Waals surface area contributed by atoms with Crippen LogP contribution in [-0.4, -0.2) is 70.7 Å². The van der Waals surface area contributed by atoms with Crippen LogP contribution in [0, 0.1) is 17.8 Å². The number of halogens is 1. The summed E-state index contributed by atoms with van der Waals surface area (Å²) in [7, 11) is -1.04. The summed E-state index contributed by atoms with van der Waals surface area (Å²) in [6.45, 7) is 4.93. The molecule has 3 fully saturated rings. The van der Waals surface area contributed by atoms with Crippen LogP contribution < -0.4 is 4.74 Å². The molecular formula is C42H48BClN2O6. The molecule has 7 rings (SSSR count). The van der Waals surface area contributed by atoms with Crippen LogP contribution in [0.2, 0.25) is 11.3 Å². The van der Waals surface area contributed by atoms with E-state index in [4.69, 9.17) is 21.0 Å². The van der Waals surface area contributed by atoms with E-state index in [1.165, 1.54) is 11.1 Å². The van der Waals surface area contributed by atoms with Crippen LogP contribution in [0.3, 0.4) is 0 Å². The highest BCUT2D eigenvalue weighted by Gasteiger charge is 2.58. The first-order valence-corrected chi connectivity index (χ1v) is 19.2. The Morgan fingerprint density at radius 2 is 1.71 bits per heavy atom. The Kier molecular flexibility index (Phi) is 11.5. The van der Waals surface area contributed by atoms with Gasteiger partial charge >= 0.3 is 7.12 Å². The maximum atomic E-state index is 14.5. The molecule has 0 spiro atoms. The van der Waals surface area contributed by atoms with Gasteiger partial charge in [-0.25, -0.2) is 0 Å². The standard InChI is InChI=1S/C42H48BClN2O6/c1-2-9-28(22-30-15-16-33(47)24-37(30)44)14-17-38-39-31(27-51-34-12-7-4-8-13-34)23-35-40(36(39)25-43(50)52-38)42(49)46(41(35)48)32-18-20-45(21-19-32)26-29-10-5-3-6-11-29/h3-8,10-13,15-16,22,24,32,35-36,38,40,47,50H,2,9,14,17-21,23,25-27H2,1H3/b28-22+/t35-,36+,38-,40-/m1/s1. The summed E-state index contributed by atoms with van der Waals surface area (Å²) in [6, 6.07) is 24.9. The molecule has 0 radical (unpaired) electrons. The predicted octanol–water partition coefficient (Wildman–Crippen LogP) is 7.55. The molecule has 0 saturated carbocycles. The second-order valence-corrected chi connectivity index (χ2v) is 15.2. The van der Waals surface area contributed by atoms with Crippen molar-refractivity contribution < 1.29 is 29.1 Å². The summed E-state index contributed by atoms with van der Waals surface area (Å²) in [6.07, 6.45) is 6.96. The molecule has 4 aliphatic rings. The van der Waals surface area contributed by atoms with Crippen molar-refractivity contribution in [2.45, 2.75) is 76.9 Å². The number of hydrogen-bond acceptors (Lipinski definition) is 7. The number of phenolic OH excluding ortho intramolecular Hbond substituents is 1. The zero-order valence-corrected chi connectivity index (χ0v) is 30.6. The van der Waals surface area contributed by atoms with Crippen LogP contribution in [0.4, 0.5) is 0 Å². The number of likely N-dealkylation sites (tertiary alicyclic amines) is 2. The number of nitrogens with zero attached hydrogens (tertiary/aromatic N) is 2. The van der Waals surface area contributed by atoms with Crippen LogP contribution in [0.1, 0.15) is 63.0 Å². The number of ether oxygens (including phenoxy) is 1. The SMILES string of the molecule is CCC/C(=C\c1ccc(O)cc1Cl)CC[C@H]1OB(O)C[C@H]2C1=C(COc1ccccc1)C[C@H]1C(=O)N(C3CCN(Cc4ccccc4)CC3)C(=O)[C@H]12. The fraction of sp³-hybridized carbons (Fsp3) is 0.429. The third-order valence-electron chi connectivity index (χ3n) is 11.3. The van der Waals surface area contributed by atoms with E-state index in [0.29, 0.717) is 24.3 Å². The minimum Gasteiger partial charge on any atom is -0.508 e. The largest absolute Gasteiger partial charge is 0.508 e. The molecule has 3 aromatic carbocycles. The first-order valence-electron chi connectivity index (χ1n) is 18.8. The summed E-state index contributed by atoms with van der Waals surface area (Å²) in [5.74, 6) is -0.628. The highest BCUT2D eigenvalue weighted by molar-refractivity contribution is 6.43. The van der Waals surface area contributed by atoms with Gasteiger partial charge < -0.3 is 19.5 Å². The van der Waals surface area contributed by atoms with E-state index >= 15 is 0 Å². The monoisotopic (exact) mass is 722 g/mol. The van der Waals surface area contributed by atoms with Crippen molar-refractivity contribution in [2.24, 2.45) is 17.8 Å². The number of fused-ring (bicyclic) bond motifs is 3. The summed E-state index contributed by atoms with van der Waals surface area (Å²) in [5.41, 5.74) is 5.29. The maximum absolute atomic E-state index is 14.5. The smallest absolute Gasteiger partial charge is 0.455 e. The molecule has 2 N–H and O–H groups in total. The van der Waals surface area contributed by atoms with Gasteiger partial charge in [0.05, 0.1) is 23.0 Å². The predicted molar refractivity (Wildman–Crippen MR) is 204 cm³/mol. The van der Waals surface area contributed by atoms with Crippen LogP contribution in [0.15, 0.2) is 95.6 Å². The summed E-state index contributed by atoms with van der Waals surface area (Å²) >= 11 is 6.47. The van der Waals surface area contributed by atoms with Crippen molar-refractivity contribution in [3.05, 3.63) is 112 Å². The number of phenols is 1. The van der Waals surface area contributed by atoms with Gasteiger partial charge in [0.25, 0.3) is 0 Å². The fourth-order valence-corrected chi connectivity index (χ4v) is 9.13. The fourth-order valence-electron chi connectivity index (χ4n) is 8.91. The lowest BCUT2D eigenvalue weighted by molar-refractivity contribution is -0.144. The van der Waals surface area contributed by atoms with Crippen molar-refractivity contribution in [1.29, 1.82) is 0 Å². The number of carbonyl (C=O) groups excluding carboxylic acids is 2. The van der Waals surface area contributed by atoms with E-state index in [1.54, 1.807) is 17.0 Å². The topological polar surface area (TPSA) is 99.5 Å². The molecule has 3 aliphatic heterocycles. The average molecular weight is 723 g/mol. The Hall–Kier alpha value is -3.89. The van der Waals surface area contributed by atoms with E-state index in [1.807, 2.05) is 42.5 Å². The summed E-state index contributed by atoms with van der Waals surface area (Å²) in [4.78, 5) is 32.8. The Balaban J connectivity index is 1.13. The van der Waals surface area contributed by atoms with E-state index in [0.717, 1.165) is 67.8 Å². The van der Waals surface area contributed by atoms with Crippen molar-refractivity contribution >= 4 is 36.6 Å². The number of allylic oxidation sites excluding steroid dienone is 1. The van der Waals surface area contributed by atoms with E-state index in [9.17, 15) is 19.7 Å². The Labute approximate surface area is 312 Å². The molecule has 10 heteroatoms. The van der Waals surface area contributed by atoms with Gasteiger partial charge in [-0.05, 0) is 103 Å². The highest BCUT2D eigenvalue weighted by Crippen LogP contribution is 2.51. The highest BCUT2D eigenvalue weighted by atomic mass is 35.5. The molecule has 272 valence electrons. The number of rotatable bonds is 12.